The van der Waals surface area contributed by atoms with Gasteiger partial charge in [0.1, 0.15) is 23.0 Å². The van der Waals surface area contributed by atoms with E-state index in [1.165, 1.54) is 0 Å². The number of carbonyl (C=O) groups excluding carboxylic acids is 2. The van der Waals surface area contributed by atoms with Gasteiger partial charge in [0, 0.05) is 28.9 Å². The minimum absolute atomic E-state index is 0.0762. The minimum Gasteiger partial charge on any atom is -0.497 e. The van der Waals surface area contributed by atoms with Crippen LogP contribution in [0.4, 0.5) is 5.69 Å². The number of anilines is 1. The Kier molecular flexibility index (Phi) is 8.06. The Hall–Kier alpha value is -2.61. The zero-order chi connectivity index (χ0) is 19.6. The van der Waals surface area contributed by atoms with Gasteiger partial charge in [-0.1, -0.05) is 0 Å². The van der Waals surface area contributed by atoms with Crippen molar-refractivity contribution in [3.05, 3.63) is 48.4 Å². The third-order valence-corrected chi connectivity index (χ3v) is 4.94. The highest BCUT2D eigenvalue weighted by Crippen LogP contribution is 2.14. The highest BCUT2D eigenvalue weighted by Gasteiger charge is 2.15. The van der Waals surface area contributed by atoms with Crippen LogP contribution in [0, 0.1) is 0 Å². The summed E-state index contributed by atoms with van der Waals surface area (Å²) in [4.78, 5) is 23.9. The molecule has 0 spiro atoms. The van der Waals surface area contributed by atoms with Gasteiger partial charge < -0.3 is 19.8 Å². The lowest BCUT2D eigenvalue weighted by molar-refractivity contribution is -0.119. The van der Waals surface area contributed by atoms with E-state index in [0.29, 0.717) is 24.3 Å². The molecule has 0 unspecified atom stereocenters. The van der Waals surface area contributed by atoms with Gasteiger partial charge in [-0.25, -0.2) is 0 Å². The van der Waals surface area contributed by atoms with Crippen molar-refractivity contribution in [3.8, 4) is 5.75 Å². The summed E-state index contributed by atoms with van der Waals surface area (Å²) in [6.45, 7) is 1.88. The van der Waals surface area contributed by atoms with Gasteiger partial charge in [-0.3, -0.25) is 13.8 Å². The van der Waals surface area contributed by atoms with E-state index >= 15 is 0 Å². The average Bonchev–Trinajstić information content (AvgIpc) is 3.13. The molecular formula is C19H24N2O5S. The molecule has 0 bridgehead atoms. The molecule has 0 radical (unpaired) electrons. The Morgan fingerprint density at radius 3 is 2.48 bits per heavy atom. The molecule has 8 heteroatoms. The number of methoxy groups -OCH3 is 1. The molecule has 2 amide bonds. The Balaban J connectivity index is 1.68. The largest absolute Gasteiger partial charge is 0.497 e. The maximum Gasteiger partial charge on any atom is 0.237 e. The molecule has 27 heavy (non-hydrogen) atoms. The van der Waals surface area contributed by atoms with Crippen molar-refractivity contribution >= 4 is 28.3 Å². The molecule has 2 rings (SSSR count). The fraction of sp³-hybridized carbons (Fsp3) is 0.368. The molecule has 146 valence electrons. The number of nitrogens with one attached hydrogen (secondary N) is 2. The minimum atomic E-state index is -1.58. The first-order valence-electron chi connectivity index (χ1n) is 8.57. The van der Waals surface area contributed by atoms with Gasteiger partial charge in [0.2, 0.25) is 11.8 Å². The van der Waals surface area contributed by atoms with Crippen LogP contribution in [-0.2, 0) is 26.8 Å². The molecule has 0 fully saturated rings. The van der Waals surface area contributed by atoms with E-state index in [0.717, 1.165) is 5.76 Å². The lowest BCUT2D eigenvalue weighted by Crippen LogP contribution is -2.37. The van der Waals surface area contributed by atoms with Gasteiger partial charge in [0.25, 0.3) is 0 Å². The van der Waals surface area contributed by atoms with E-state index in [-0.39, 0.29) is 23.5 Å². The van der Waals surface area contributed by atoms with Crippen LogP contribution >= 0.6 is 0 Å². The van der Waals surface area contributed by atoms with Crippen LogP contribution in [0.1, 0.15) is 19.1 Å². The maximum absolute atomic E-state index is 12.0. The van der Waals surface area contributed by atoms with Crippen molar-refractivity contribution in [2.24, 2.45) is 0 Å². The molecule has 1 aromatic carbocycles. The van der Waals surface area contributed by atoms with Crippen LogP contribution in [0.15, 0.2) is 47.1 Å². The molecule has 0 aliphatic heterocycles. The van der Waals surface area contributed by atoms with E-state index < -0.39 is 16.7 Å². The summed E-state index contributed by atoms with van der Waals surface area (Å²) < 4.78 is 22.3. The van der Waals surface area contributed by atoms with Crippen molar-refractivity contribution in [1.82, 2.24) is 5.32 Å². The predicted octanol–water partition coefficient (Wildman–Crippen LogP) is 2.11. The smallest absolute Gasteiger partial charge is 0.237 e. The zero-order valence-electron chi connectivity index (χ0n) is 15.4. The number of hydrogen-bond donors (Lipinski definition) is 2. The third kappa shape index (κ3) is 7.65. The molecule has 2 atom stereocenters. The van der Waals surface area contributed by atoms with Crippen molar-refractivity contribution in [3.63, 3.8) is 0 Å². The Morgan fingerprint density at radius 2 is 1.85 bits per heavy atom. The number of carbonyl (C=O) groups is 2. The lowest BCUT2D eigenvalue weighted by Gasteiger charge is -2.13. The number of furan rings is 1. The molecule has 0 aliphatic carbocycles. The molecule has 7 nitrogen and oxygen atoms in total. The van der Waals surface area contributed by atoms with Crippen molar-refractivity contribution in [1.29, 1.82) is 0 Å². The van der Waals surface area contributed by atoms with Crippen LogP contribution in [0.5, 0.6) is 5.75 Å². The lowest BCUT2D eigenvalue weighted by atomic mass is 10.1. The summed E-state index contributed by atoms with van der Waals surface area (Å²) in [6, 6.07) is 10.4. The first kappa shape index (κ1) is 20.7. The molecule has 0 saturated heterocycles. The SMILES string of the molecule is COc1ccc(NC(=O)C[S@@](=O)CC(=O)N[C@@H](C)CCc2ccco2)cc1. The van der Waals surface area contributed by atoms with E-state index in [1.54, 1.807) is 37.6 Å². The highest BCUT2D eigenvalue weighted by atomic mass is 32.2. The monoisotopic (exact) mass is 392 g/mol. The molecule has 1 heterocycles. The number of hydrogen-bond acceptors (Lipinski definition) is 5. The first-order valence-corrected chi connectivity index (χ1v) is 10.1. The van der Waals surface area contributed by atoms with E-state index in [2.05, 4.69) is 10.6 Å². The topological polar surface area (TPSA) is 97.6 Å². The molecule has 0 aliphatic rings. The van der Waals surface area contributed by atoms with Gasteiger partial charge in [0.05, 0.1) is 13.4 Å². The van der Waals surface area contributed by atoms with Gasteiger partial charge in [0.15, 0.2) is 0 Å². The van der Waals surface area contributed by atoms with Gasteiger partial charge in [-0.2, -0.15) is 0 Å². The molecule has 2 N–H and O–H groups in total. The van der Waals surface area contributed by atoms with Crippen LogP contribution in [0.3, 0.4) is 0 Å². The first-order chi connectivity index (χ1) is 13.0. The Labute approximate surface area is 160 Å². The molecule has 1 aromatic heterocycles. The normalized spacial score (nSPS) is 12.8. The predicted molar refractivity (Wildman–Crippen MR) is 104 cm³/mol. The number of benzene rings is 1. The van der Waals surface area contributed by atoms with Gasteiger partial charge >= 0.3 is 0 Å². The van der Waals surface area contributed by atoms with Crippen LogP contribution in [-0.4, -0.2) is 40.7 Å². The Morgan fingerprint density at radius 1 is 1.15 bits per heavy atom. The zero-order valence-corrected chi connectivity index (χ0v) is 16.2. The van der Waals surface area contributed by atoms with Crippen molar-refractivity contribution in [2.75, 3.05) is 23.9 Å². The molecule has 0 saturated carbocycles. The number of aryl methyl sites for hydroxylation is 1. The fourth-order valence-corrected chi connectivity index (χ4v) is 3.26. The second-order valence-corrected chi connectivity index (χ2v) is 7.55. The van der Waals surface area contributed by atoms with Crippen molar-refractivity contribution in [2.45, 2.75) is 25.8 Å². The van der Waals surface area contributed by atoms with E-state index in [4.69, 9.17) is 9.15 Å². The quantitative estimate of drug-likeness (QED) is 0.645. The third-order valence-electron chi connectivity index (χ3n) is 3.77. The fourth-order valence-electron chi connectivity index (χ4n) is 2.42. The second-order valence-electron chi connectivity index (χ2n) is 6.09. The summed E-state index contributed by atoms with van der Waals surface area (Å²) >= 11 is 0. The summed E-state index contributed by atoms with van der Waals surface area (Å²) in [7, 11) is -0.0219. The summed E-state index contributed by atoms with van der Waals surface area (Å²) in [5.74, 6) is 0.348. The standard InChI is InChI=1S/C19H24N2O5S/c1-14(5-8-17-4-3-11-26-17)20-18(22)12-27(24)13-19(23)21-15-6-9-16(25-2)10-7-15/h3-4,6-7,9-11,14H,5,8,12-13H2,1-2H3,(H,20,22)(H,21,23)/t14-,27-/m0/s1. The second kappa shape index (κ2) is 10.5. The highest BCUT2D eigenvalue weighted by molar-refractivity contribution is 7.86. The average molecular weight is 392 g/mol. The number of ether oxygens (including phenoxy) is 1. The summed E-state index contributed by atoms with van der Waals surface area (Å²) in [5, 5.41) is 5.43. The van der Waals surface area contributed by atoms with Crippen LogP contribution in [0.2, 0.25) is 0 Å². The van der Waals surface area contributed by atoms with Crippen LogP contribution < -0.4 is 15.4 Å². The van der Waals surface area contributed by atoms with Crippen molar-refractivity contribution < 1.29 is 23.0 Å². The number of rotatable bonds is 10. The molecular weight excluding hydrogens is 368 g/mol. The van der Waals surface area contributed by atoms with E-state index in [1.807, 2.05) is 19.1 Å². The maximum atomic E-state index is 12.0. The van der Waals surface area contributed by atoms with Crippen LogP contribution in [0.25, 0.3) is 0 Å². The summed E-state index contributed by atoms with van der Waals surface area (Å²) in [6.07, 6.45) is 3.03. The van der Waals surface area contributed by atoms with E-state index in [9.17, 15) is 13.8 Å². The summed E-state index contributed by atoms with van der Waals surface area (Å²) in [5.41, 5.74) is 0.578. The molecule has 2 aromatic rings. The van der Waals surface area contributed by atoms with Gasteiger partial charge in [-0.05, 0) is 49.7 Å². The Bertz CT molecular complexity index is 759. The number of amides is 2. The van der Waals surface area contributed by atoms with Gasteiger partial charge in [-0.15, -0.1) is 0 Å².